The normalized spacial score (nSPS) is 10.2. The Morgan fingerprint density at radius 3 is 2.83 bits per heavy atom. The minimum Gasteiger partial charge on any atom is -0.375 e. The fraction of sp³-hybridized carbons (Fsp3) is 0.500. The monoisotopic (exact) mass is 186 g/mol. The van der Waals surface area contributed by atoms with E-state index in [1.165, 1.54) is 0 Å². The molecule has 3 nitrogen and oxygen atoms in total. The van der Waals surface area contributed by atoms with E-state index in [1.54, 1.807) is 6.07 Å². The van der Waals surface area contributed by atoms with Gasteiger partial charge in [-0.05, 0) is 18.6 Å². The van der Waals surface area contributed by atoms with Gasteiger partial charge in [-0.25, -0.2) is 0 Å². The molecule has 0 atom stereocenters. The molecule has 1 heterocycles. The first-order valence-electron chi connectivity index (χ1n) is 3.88. The van der Waals surface area contributed by atoms with Crippen LogP contribution in [-0.4, -0.2) is 16.8 Å². The molecule has 12 heavy (non-hydrogen) atoms. The van der Waals surface area contributed by atoms with Crippen LogP contribution >= 0.6 is 11.6 Å². The lowest BCUT2D eigenvalue weighted by Crippen LogP contribution is -1.97. The lowest BCUT2D eigenvalue weighted by atomic mass is 10.4. The molecule has 0 spiro atoms. The molecule has 66 valence electrons. The fourth-order valence-electron chi connectivity index (χ4n) is 0.742. The van der Waals surface area contributed by atoms with Crippen LogP contribution in [0, 0.1) is 0 Å². The van der Waals surface area contributed by atoms with Crippen LogP contribution in [0.15, 0.2) is 12.1 Å². The minimum absolute atomic E-state index is 0.411. The van der Waals surface area contributed by atoms with Crippen molar-refractivity contribution in [1.29, 1.82) is 0 Å². The molecule has 0 bridgehead atoms. The van der Waals surface area contributed by atoms with Gasteiger partial charge in [-0.15, -0.1) is 5.10 Å². The van der Waals surface area contributed by atoms with Gasteiger partial charge in [-0.3, -0.25) is 0 Å². The predicted molar refractivity (Wildman–Crippen MR) is 47.0 cm³/mol. The van der Waals surface area contributed by atoms with Crippen LogP contribution in [0.5, 0.6) is 0 Å². The Kier molecular flexibility index (Phi) is 3.97. The quantitative estimate of drug-likeness (QED) is 0.676. The summed E-state index contributed by atoms with van der Waals surface area (Å²) in [5, 5.41) is 7.95. The summed E-state index contributed by atoms with van der Waals surface area (Å²) >= 11 is 5.56. The number of aromatic nitrogens is 2. The first-order chi connectivity index (χ1) is 5.83. The van der Waals surface area contributed by atoms with Crippen LogP contribution in [0.25, 0.3) is 0 Å². The second kappa shape index (κ2) is 5.06. The Hall–Kier alpha value is -0.670. The summed E-state index contributed by atoms with van der Waals surface area (Å²) in [6.45, 7) is 3.33. The number of rotatable bonds is 4. The zero-order chi connectivity index (χ0) is 8.81. The van der Waals surface area contributed by atoms with Gasteiger partial charge < -0.3 is 4.74 Å². The third-order valence-electron chi connectivity index (χ3n) is 1.29. The summed E-state index contributed by atoms with van der Waals surface area (Å²) in [5.41, 5.74) is 0.813. The second-order valence-corrected chi connectivity index (χ2v) is 2.79. The standard InChI is InChI=1S/C8H11ClN2O/c1-2-5-12-6-7-3-4-8(9)11-10-7/h3-4H,2,5-6H2,1H3. The van der Waals surface area contributed by atoms with E-state index in [0.29, 0.717) is 11.8 Å². The summed E-state index contributed by atoms with van der Waals surface area (Å²) in [4.78, 5) is 0. The highest BCUT2D eigenvalue weighted by atomic mass is 35.5. The van der Waals surface area contributed by atoms with Crippen molar-refractivity contribution in [2.45, 2.75) is 20.0 Å². The first-order valence-corrected chi connectivity index (χ1v) is 4.26. The molecule has 0 fully saturated rings. The Bertz CT molecular complexity index is 225. The van der Waals surface area contributed by atoms with Crippen molar-refractivity contribution >= 4 is 11.6 Å². The van der Waals surface area contributed by atoms with E-state index in [0.717, 1.165) is 18.7 Å². The molecule has 0 aliphatic carbocycles. The Labute approximate surface area is 76.7 Å². The Morgan fingerprint density at radius 2 is 2.25 bits per heavy atom. The van der Waals surface area contributed by atoms with Gasteiger partial charge in [0.15, 0.2) is 5.15 Å². The highest BCUT2D eigenvalue weighted by Gasteiger charge is 1.94. The SMILES string of the molecule is CCCOCc1ccc(Cl)nn1. The third kappa shape index (κ3) is 3.15. The highest BCUT2D eigenvalue weighted by Crippen LogP contribution is 2.02. The zero-order valence-electron chi connectivity index (χ0n) is 6.96. The molecule has 0 saturated heterocycles. The average Bonchev–Trinajstić information content (AvgIpc) is 2.09. The summed E-state index contributed by atoms with van der Waals surface area (Å²) in [5.74, 6) is 0. The number of halogens is 1. The molecule has 0 aromatic carbocycles. The lowest BCUT2D eigenvalue weighted by molar-refractivity contribution is 0.118. The van der Waals surface area contributed by atoms with Crippen molar-refractivity contribution in [3.8, 4) is 0 Å². The fourth-order valence-corrected chi connectivity index (χ4v) is 0.842. The Morgan fingerprint density at radius 1 is 1.42 bits per heavy atom. The summed E-state index contributed by atoms with van der Waals surface area (Å²) in [6.07, 6.45) is 1.01. The van der Waals surface area contributed by atoms with Crippen LogP contribution < -0.4 is 0 Å². The van der Waals surface area contributed by atoms with Crippen LogP contribution in [0.3, 0.4) is 0 Å². The maximum Gasteiger partial charge on any atom is 0.151 e. The molecule has 4 heteroatoms. The van der Waals surface area contributed by atoms with Crippen molar-refractivity contribution in [3.63, 3.8) is 0 Å². The molecule has 0 aliphatic rings. The van der Waals surface area contributed by atoms with E-state index >= 15 is 0 Å². The van der Waals surface area contributed by atoms with Crippen molar-refractivity contribution in [2.24, 2.45) is 0 Å². The first kappa shape index (κ1) is 9.42. The van der Waals surface area contributed by atoms with Gasteiger partial charge in [-0.2, -0.15) is 5.10 Å². The van der Waals surface area contributed by atoms with Crippen LogP contribution in [-0.2, 0) is 11.3 Å². The van der Waals surface area contributed by atoms with Crippen molar-refractivity contribution in [2.75, 3.05) is 6.61 Å². The van der Waals surface area contributed by atoms with Gasteiger partial charge in [-0.1, -0.05) is 18.5 Å². The van der Waals surface area contributed by atoms with E-state index in [2.05, 4.69) is 17.1 Å². The molecule has 0 unspecified atom stereocenters. The van der Waals surface area contributed by atoms with Gasteiger partial charge >= 0.3 is 0 Å². The summed E-state index contributed by atoms with van der Waals surface area (Å²) in [7, 11) is 0. The van der Waals surface area contributed by atoms with Crippen molar-refractivity contribution < 1.29 is 4.74 Å². The van der Waals surface area contributed by atoms with Gasteiger partial charge in [0.25, 0.3) is 0 Å². The summed E-state index contributed by atoms with van der Waals surface area (Å²) < 4.78 is 5.26. The van der Waals surface area contributed by atoms with E-state index in [9.17, 15) is 0 Å². The molecule has 1 aromatic rings. The number of hydrogen-bond donors (Lipinski definition) is 0. The van der Waals surface area contributed by atoms with Crippen LogP contribution in [0.4, 0.5) is 0 Å². The second-order valence-electron chi connectivity index (χ2n) is 2.40. The van der Waals surface area contributed by atoms with E-state index < -0.39 is 0 Å². The summed E-state index contributed by atoms with van der Waals surface area (Å²) in [6, 6.07) is 3.52. The molecule has 0 radical (unpaired) electrons. The van der Waals surface area contributed by atoms with E-state index in [4.69, 9.17) is 16.3 Å². The number of nitrogens with zero attached hydrogens (tertiary/aromatic N) is 2. The molecular weight excluding hydrogens is 176 g/mol. The Balaban J connectivity index is 2.37. The van der Waals surface area contributed by atoms with E-state index in [1.807, 2.05) is 6.07 Å². The molecule has 0 aliphatic heterocycles. The zero-order valence-corrected chi connectivity index (χ0v) is 7.71. The van der Waals surface area contributed by atoms with Crippen LogP contribution in [0.2, 0.25) is 5.15 Å². The highest BCUT2D eigenvalue weighted by molar-refractivity contribution is 6.29. The molecule has 0 N–H and O–H groups in total. The van der Waals surface area contributed by atoms with Crippen LogP contribution in [0.1, 0.15) is 19.0 Å². The maximum atomic E-state index is 5.56. The average molecular weight is 187 g/mol. The topological polar surface area (TPSA) is 35.0 Å². The largest absolute Gasteiger partial charge is 0.375 e. The van der Waals surface area contributed by atoms with E-state index in [-0.39, 0.29) is 0 Å². The van der Waals surface area contributed by atoms with Crippen molar-refractivity contribution in [1.82, 2.24) is 10.2 Å². The van der Waals surface area contributed by atoms with Gasteiger partial charge in [0.1, 0.15) is 0 Å². The molecule has 1 aromatic heterocycles. The maximum absolute atomic E-state index is 5.56. The number of ether oxygens (including phenoxy) is 1. The number of hydrogen-bond acceptors (Lipinski definition) is 3. The lowest BCUT2D eigenvalue weighted by Gasteiger charge is -1.99. The van der Waals surface area contributed by atoms with Crippen molar-refractivity contribution in [3.05, 3.63) is 23.0 Å². The van der Waals surface area contributed by atoms with Gasteiger partial charge in [0.05, 0.1) is 12.3 Å². The molecule has 0 amide bonds. The smallest absolute Gasteiger partial charge is 0.151 e. The predicted octanol–water partition coefficient (Wildman–Crippen LogP) is 2.06. The minimum atomic E-state index is 0.411. The molecular formula is C8H11ClN2O. The van der Waals surface area contributed by atoms with Gasteiger partial charge in [0.2, 0.25) is 0 Å². The third-order valence-corrected chi connectivity index (χ3v) is 1.49. The molecule has 1 rings (SSSR count). The molecule has 0 saturated carbocycles. The van der Waals surface area contributed by atoms with Gasteiger partial charge in [0, 0.05) is 6.61 Å².